The van der Waals surface area contributed by atoms with Gasteiger partial charge in [0.05, 0.1) is 14.2 Å². The number of rotatable bonds is 3. The molecule has 0 unspecified atom stereocenters. The van der Waals surface area contributed by atoms with Crippen molar-refractivity contribution in [2.75, 3.05) is 27.3 Å². The van der Waals surface area contributed by atoms with Crippen LogP contribution in [0.2, 0.25) is 0 Å². The lowest BCUT2D eigenvalue weighted by atomic mass is 9.84. The van der Waals surface area contributed by atoms with E-state index in [2.05, 4.69) is 53.4 Å². The first kappa shape index (κ1) is 15.3. The summed E-state index contributed by atoms with van der Waals surface area (Å²) < 4.78 is 11.0. The van der Waals surface area contributed by atoms with Gasteiger partial charge in [-0.05, 0) is 47.2 Å². The number of benzene rings is 2. The third-order valence-electron chi connectivity index (χ3n) is 5.24. The van der Waals surface area contributed by atoms with Gasteiger partial charge in [-0.25, -0.2) is 0 Å². The largest absolute Gasteiger partial charge is 0.493 e. The van der Waals surface area contributed by atoms with E-state index in [4.69, 9.17) is 9.47 Å². The van der Waals surface area contributed by atoms with Gasteiger partial charge < -0.3 is 9.47 Å². The predicted molar refractivity (Wildman–Crippen MR) is 96.6 cm³/mol. The highest BCUT2D eigenvalue weighted by Gasteiger charge is 2.31. The number of methoxy groups -OCH3 is 2. The van der Waals surface area contributed by atoms with Crippen molar-refractivity contribution >= 4 is 5.57 Å². The molecule has 0 saturated heterocycles. The molecule has 0 aliphatic carbocycles. The lowest BCUT2D eigenvalue weighted by Gasteiger charge is -2.40. The molecule has 2 aliphatic heterocycles. The van der Waals surface area contributed by atoms with Crippen molar-refractivity contribution in [1.82, 2.24) is 4.90 Å². The van der Waals surface area contributed by atoms with Gasteiger partial charge in [0.1, 0.15) is 0 Å². The molecule has 3 nitrogen and oxygen atoms in total. The predicted octanol–water partition coefficient (Wildman–Crippen LogP) is 4.09. The molecule has 0 aromatic heterocycles. The highest BCUT2D eigenvalue weighted by molar-refractivity contribution is 5.68. The van der Waals surface area contributed by atoms with E-state index in [0.717, 1.165) is 37.4 Å². The van der Waals surface area contributed by atoms with Crippen molar-refractivity contribution in [3.8, 4) is 11.5 Å². The Kier molecular flexibility index (Phi) is 4.03. The van der Waals surface area contributed by atoms with Crippen molar-refractivity contribution < 1.29 is 9.47 Å². The Bertz CT molecular complexity index is 767. The first-order valence-corrected chi connectivity index (χ1v) is 8.53. The van der Waals surface area contributed by atoms with Crippen LogP contribution in [0.3, 0.4) is 0 Å². The molecule has 0 spiro atoms. The van der Waals surface area contributed by atoms with E-state index in [1.54, 1.807) is 14.2 Å². The average molecular weight is 321 g/mol. The van der Waals surface area contributed by atoms with E-state index in [1.807, 2.05) is 0 Å². The number of hydrogen-bond donors (Lipinski definition) is 0. The number of nitrogens with zero attached hydrogens (tertiary/aromatic N) is 1. The summed E-state index contributed by atoms with van der Waals surface area (Å²) in [6.45, 7) is 2.12. The quantitative estimate of drug-likeness (QED) is 0.850. The van der Waals surface area contributed by atoms with Gasteiger partial charge in [0.2, 0.25) is 0 Å². The maximum Gasteiger partial charge on any atom is 0.161 e. The Morgan fingerprint density at radius 2 is 1.75 bits per heavy atom. The monoisotopic (exact) mass is 321 g/mol. The molecule has 3 heteroatoms. The van der Waals surface area contributed by atoms with Crippen LogP contribution in [0.25, 0.3) is 5.57 Å². The number of hydrogen-bond acceptors (Lipinski definition) is 3. The smallest absolute Gasteiger partial charge is 0.161 e. The fourth-order valence-electron chi connectivity index (χ4n) is 3.94. The molecule has 2 heterocycles. The van der Waals surface area contributed by atoms with Gasteiger partial charge in [-0.2, -0.15) is 0 Å². The van der Waals surface area contributed by atoms with Crippen LogP contribution in [0.15, 0.2) is 48.5 Å². The summed E-state index contributed by atoms with van der Waals surface area (Å²) in [5.74, 6) is 1.66. The molecule has 0 saturated carbocycles. The van der Waals surface area contributed by atoms with Crippen LogP contribution in [0.4, 0.5) is 0 Å². The summed E-state index contributed by atoms with van der Waals surface area (Å²) >= 11 is 0. The van der Waals surface area contributed by atoms with Crippen molar-refractivity contribution in [1.29, 1.82) is 0 Å². The molecule has 2 aliphatic rings. The third kappa shape index (κ3) is 2.59. The highest BCUT2D eigenvalue weighted by atomic mass is 16.5. The zero-order valence-electron chi connectivity index (χ0n) is 14.3. The fraction of sp³-hybridized carbons (Fsp3) is 0.333. The molecule has 0 radical (unpaired) electrons. The maximum atomic E-state index is 5.54. The van der Waals surface area contributed by atoms with Crippen molar-refractivity contribution in [2.24, 2.45) is 0 Å². The highest BCUT2D eigenvalue weighted by Crippen LogP contribution is 2.43. The van der Waals surface area contributed by atoms with E-state index in [0.29, 0.717) is 6.04 Å². The summed E-state index contributed by atoms with van der Waals surface area (Å²) in [6, 6.07) is 15.5. The van der Waals surface area contributed by atoms with Crippen LogP contribution in [-0.4, -0.2) is 32.2 Å². The van der Waals surface area contributed by atoms with Crippen LogP contribution in [0.5, 0.6) is 11.5 Å². The van der Waals surface area contributed by atoms with Gasteiger partial charge in [0.25, 0.3) is 0 Å². The Balaban J connectivity index is 1.71. The van der Waals surface area contributed by atoms with Crippen LogP contribution in [0, 0.1) is 0 Å². The van der Waals surface area contributed by atoms with Crippen molar-refractivity contribution in [3.63, 3.8) is 0 Å². The number of fused-ring (bicyclic) bond motifs is 3. The lowest BCUT2D eigenvalue weighted by molar-refractivity contribution is 0.200. The summed E-state index contributed by atoms with van der Waals surface area (Å²) in [5.41, 5.74) is 5.56. The van der Waals surface area contributed by atoms with Crippen LogP contribution < -0.4 is 9.47 Å². The molecule has 2 aromatic rings. The Labute approximate surface area is 143 Å². The first-order valence-electron chi connectivity index (χ1n) is 8.53. The zero-order valence-corrected chi connectivity index (χ0v) is 14.3. The molecule has 4 rings (SSSR count). The van der Waals surface area contributed by atoms with Gasteiger partial charge >= 0.3 is 0 Å². The summed E-state index contributed by atoms with van der Waals surface area (Å²) in [5, 5.41) is 0. The average Bonchev–Trinajstić information content (AvgIpc) is 2.67. The van der Waals surface area contributed by atoms with Gasteiger partial charge in [-0.1, -0.05) is 36.4 Å². The second kappa shape index (κ2) is 6.33. The molecule has 0 fully saturated rings. The minimum absolute atomic E-state index is 0.425. The van der Waals surface area contributed by atoms with E-state index < -0.39 is 0 Å². The molecule has 0 N–H and O–H groups in total. The van der Waals surface area contributed by atoms with Gasteiger partial charge in [0, 0.05) is 19.1 Å². The van der Waals surface area contributed by atoms with Crippen molar-refractivity contribution in [2.45, 2.75) is 18.9 Å². The Hall–Kier alpha value is -2.26. The number of ether oxygens (including phenoxy) is 2. The van der Waals surface area contributed by atoms with Crippen LogP contribution in [0.1, 0.15) is 29.2 Å². The molecule has 2 aromatic carbocycles. The van der Waals surface area contributed by atoms with E-state index in [9.17, 15) is 0 Å². The molecule has 1 atom stereocenters. The summed E-state index contributed by atoms with van der Waals surface area (Å²) in [6.07, 6.45) is 4.50. The normalized spacial score (nSPS) is 19.9. The van der Waals surface area contributed by atoms with E-state index in [1.165, 1.54) is 22.3 Å². The standard InChI is InChI=1S/C21H23NO2/c1-23-20-13-17-9-11-22-10-8-16(15-6-4-3-5-7-15)12-19(22)18(17)14-21(20)24-2/h3-8,13-14,19H,9-12H2,1-2H3/t19-/m0/s1. The van der Waals surface area contributed by atoms with Gasteiger partial charge in [-0.15, -0.1) is 0 Å². The Morgan fingerprint density at radius 1 is 1.00 bits per heavy atom. The Morgan fingerprint density at radius 3 is 2.50 bits per heavy atom. The third-order valence-corrected chi connectivity index (χ3v) is 5.24. The lowest BCUT2D eigenvalue weighted by Crippen LogP contribution is -2.38. The van der Waals surface area contributed by atoms with Gasteiger partial charge in [0.15, 0.2) is 11.5 Å². The molecule has 0 amide bonds. The second-order valence-corrected chi connectivity index (χ2v) is 6.47. The molecule has 124 valence electrons. The van der Waals surface area contributed by atoms with E-state index >= 15 is 0 Å². The second-order valence-electron chi connectivity index (χ2n) is 6.47. The first-order chi connectivity index (χ1) is 11.8. The van der Waals surface area contributed by atoms with Crippen LogP contribution >= 0.6 is 0 Å². The summed E-state index contributed by atoms with van der Waals surface area (Å²) in [7, 11) is 3.41. The molecular weight excluding hydrogens is 298 g/mol. The topological polar surface area (TPSA) is 21.7 Å². The van der Waals surface area contributed by atoms with Crippen molar-refractivity contribution in [3.05, 3.63) is 65.2 Å². The van der Waals surface area contributed by atoms with E-state index in [-0.39, 0.29) is 0 Å². The molecule has 0 bridgehead atoms. The minimum atomic E-state index is 0.425. The summed E-state index contributed by atoms with van der Waals surface area (Å²) in [4.78, 5) is 2.57. The van der Waals surface area contributed by atoms with Gasteiger partial charge in [-0.3, -0.25) is 4.90 Å². The minimum Gasteiger partial charge on any atom is -0.493 e. The molecular formula is C21H23NO2. The maximum absolute atomic E-state index is 5.54. The molecule has 24 heavy (non-hydrogen) atoms. The SMILES string of the molecule is COc1cc2c(cc1OC)[C@@H]1CC(c3ccccc3)=CCN1CC2. The van der Waals surface area contributed by atoms with Crippen LogP contribution in [-0.2, 0) is 6.42 Å². The fourth-order valence-corrected chi connectivity index (χ4v) is 3.94. The zero-order chi connectivity index (χ0) is 16.5.